The molecular weight excluding hydrogens is 368 g/mol. The highest BCUT2D eigenvalue weighted by molar-refractivity contribution is 7.17. The Morgan fingerprint density at radius 2 is 2.07 bits per heavy atom. The van der Waals surface area contributed by atoms with E-state index in [4.69, 9.17) is 0 Å². The van der Waals surface area contributed by atoms with E-state index in [1.165, 1.54) is 49.9 Å². The van der Waals surface area contributed by atoms with Gasteiger partial charge in [0.1, 0.15) is 10.4 Å². The fourth-order valence-electron chi connectivity index (χ4n) is 4.89. The molecule has 150 valence electrons. The van der Waals surface area contributed by atoms with Crippen LogP contribution in [0.3, 0.4) is 0 Å². The zero-order chi connectivity index (χ0) is 19.7. The molecule has 2 atom stereocenters. The largest absolute Gasteiger partial charge is 0.508 e. The topological polar surface area (TPSA) is 56.3 Å². The Labute approximate surface area is 170 Å². The first-order valence-corrected chi connectivity index (χ1v) is 11.3. The third-order valence-electron chi connectivity index (χ3n) is 6.45. The maximum Gasteiger partial charge on any atom is 0.266 e. The second kappa shape index (κ2) is 8.26. The molecule has 0 bridgehead atoms. The quantitative estimate of drug-likeness (QED) is 0.555. The van der Waals surface area contributed by atoms with E-state index in [2.05, 4.69) is 24.0 Å². The van der Waals surface area contributed by atoms with Crippen molar-refractivity contribution in [2.24, 2.45) is 5.92 Å². The third kappa shape index (κ3) is 3.83. The van der Waals surface area contributed by atoms with Crippen molar-refractivity contribution in [3.8, 4) is 5.75 Å². The number of aryl methyl sites for hydroxylation is 1. The second-order valence-electron chi connectivity index (χ2n) is 8.50. The summed E-state index contributed by atoms with van der Waals surface area (Å²) in [6.45, 7) is 0. The summed E-state index contributed by atoms with van der Waals surface area (Å²) in [6, 6.07) is 6.28. The number of unbranched alkanes of at least 4 members (excludes halogenated alkanes) is 1. The van der Waals surface area contributed by atoms with Crippen molar-refractivity contribution in [3.05, 3.63) is 39.5 Å². The maximum atomic E-state index is 12.2. The Balaban J connectivity index is 1.47. The van der Waals surface area contributed by atoms with Crippen LogP contribution in [0.5, 0.6) is 5.75 Å². The van der Waals surface area contributed by atoms with Gasteiger partial charge in [0.05, 0.1) is 0 Å². The molecule has 2 aromatic heterocycles. The van der Waals surface area contributed by atoms with Crippen LogP contribution in [0.1, 0.15) is 50.5 Å². The lowest BCUT2D eigenvalue weighted by atomic mass is 9.82. The zero-order valence-corrected chi connectivity index (χ0v) is 17.6. The maximum absolute atomic E-state index is 12.2. The van der Waals surface area contributed by atoms with Gasteiger partial charge < -0.3 is 15.0 Å². The minimum Gasteiger partial charge on any atom is -0.508 e. The second-order valence-corrected chi connectivity index (χ2v) is 9.42. The van der Waals surface area contributed by atoms with E-state index < -0.39 is 0 Å². The molecule has 0 saturated heterocycles. The number of nitrogens with one attached hydrogen (secondary N) is 1. The standard InChI is InChI=1S/C23H30N2O2S/c1-25(2)16-8-5-7-15(14-16)6-3-4-9-17-20(26)11-10-19-21(17)18-12-13-28-22(18)23(27)24-19/h10-13,15-16,26H,3-9,14H2,1-2H3,(H,24,27). The van der Waals surface area contributed by atoms with Crippen LogP contribution in [-0.4, -0.2) is 35.1 Å². The van der Waals surface area contributed by atoms with E-state index >= 15 is 0 Å². The Morgan fingerprint density at radius 3 is 2.89 bits per heavy atom. The van der Waals surface area contributed by atoms with Crippen molar-refractivity contribution >= 4 is 32.3 Å². The normalized spacial score (nSPS) is 20.4. The minimum atomic E-state index is -0.0399. The van der Waals surface area contributed by atoms with Gasteiger partial charge >= 0.3 is 0 Å². The molecule has 1 saturated carbocycles. The molecule has 0 spiro atoms. The molecule has 4 rings (SSSR count). The van der Waals surface area contributed by atoms with Crippen molar-refractivity contribution in [3.63, 3.8) is 0 Å². The summed E-state index contributed by atoms with van der Waals surface area (Å²) in [5.41, 5.74) is 1.76. The number of phenolic OH excluding ortho intramolecular Hbond substituents is 1. The SMILES string of the molecule is CN(C)C1CCCC(CCCCc2c(O)ccc3[nH]c(=O)c4sccc4c23)C1. The lowest BCUT2D eigenvalue weighted by Crippen LogP contribution is -2.33. The Hall–Kier alpha value is -1.85. The molecule has 5 heteroatoms. The fourth-order valence-corrected chi connectivity index (χ4v) is 5.69. The highest BCUT2D eigenvalue weighted by Gasteiger charge is 2.23. The molecule has 0 amide bonds. The molecular formula is C23H30N2O2S. The van der Waals surface area contributed by atoms with E-state index in [0.29, 0.717) is 5.75 Å². The number of H-pyrrole nitrogens is 1. The van der Waals surface area contributed by atoms with Crippen molar-refractivity contribution < 1.29 is 5.11 Å². The van der Waals surface area contributed by atoms with E-state index in [9.17, 15) is 9.90 Å². The number of pyridine rings is 1. The van der Waals surface area contributed by atoms with Gasteiger partial charge in [0.15, 0.2) is 0 Å². The number of aromatic nitrogens is 1. The van der Waals surface area contributed by atoms with Crippen molar-refractivity contribution in [2.75, 3.05) is 14.1 Å². The fraction of sp³-hybridized carbons (Fsp3) is 0.522. The van der Waals surface area contributed by atoms with Crippen molar-refractivity contribution in [2.45, 2.75) is 57.4 Å². The molecule has 1 aliphatic rings. The molecule has 1 fully saturated rings. The monoisotopic (exact) mass is 398 g/mol. The highest BCUT2D eigenvalue weighted by Crippen LogP contribution is 2.35. The number of aromatic hydroxyl groups is 1. The molecule has 4 nitrogen and oxygen atoms in total. The minimum absolute atomic E-state index is 0.0399. The molecule has 2 N–H and O–H groups in total. The van der Waals surface area contributed by atoms with E-state index in [1.807, 2.05) is 17.5 Å². The smallest absolute Gasteiger partial charge is 0.266 e. The molecule has 2 unspecified atom stereocenters. The lowest BCUT2D eigenvalue weighted by Gasteiger charge is -2.33. The number of fused-ring (bicyclic) bond motifs is 3. The molecule has 1 aliphatic carbocycles. The van der Waals surface area contributed by atoms with Crippen LogP contribution in [0.4, 0.5) is 0 Å². The van der Waals surface area contributed by atoms with Crippen molar-refractivity contribution in [1.29, 1.82) is 0 Å². The Kier molecular flexibility index (Phi) is 5.74. The number of hydrogen-bond acceptors (Lipinski definition) is 4. The van der Waals surface area contributed by atoms with Crippen LogP contribution >= 0.6 is 11.3 Å². The average molecular weight is 399 g/mol. The number of thiophene rings is 1. The van der Waals surface area contributed by atoms with Gasteiger partial charge in [-0.3, -0.25) is 4.79 Å². The first-order chi connectivity index (χ1) is 13.5. The summed E-state index contributed by atoms with van der Waals surface area (Å²) in [4.78, 5) is 17.6. The summed E-state index contributed by atoms with van der Waals surface area (Å²) in [7, 11) is 4.40. The van der Waals surface area contributed by atoms with E-state index in [-0.39, 0.29) is 5.56 Å². The van der Waals surface area contributed by atoms with Crippen LogP contribution in [0, 0.1) is 5.92 Å². The van der Waals surface area contributed by atoms with Gasteiger partial charge in [-0.2, -0.15) is 0 Å². The Morgan fingerprint density at radius 1 is 1.21 bits per heavy atom. The van der Waals surface area contributed by atoms with Crippen molar-refractivity contribution in [1.82, 2.24) is 9.88 Å². The first-order valence-electron chi connectivity index (χ1n) is 10.4. The lowest BCUT2D eigenvalue weighted by molar-refractivity contribution is 0.178. The van der Waals surface area contributed by atoms with Crippen LogP contribution < -0.4 is 5.56 Å². The van der Waals surface area contributed by atoms with Crippen LogP contribution in [0.25, 0.3) is 21.0 Å². The van der Waals surface area contributed by atoms with Gasteiger partial charge in [0.2, 0.25) is 0 Å². The number of phenols is 1. The molecule has 0 aliphatic heterocycles. The van der Waals surface area contributed by atoms with Gasteiger partial charge in [-0.15, -0.1) is 11.3 Å². The van der Waals surface area contributed by atoms with E-state index in [0.717, 1.165) is 51.4 Å². The van der Waals surface area contributed by atoms with Gasteiger partial charge in [-0.1, -0.05) is 25.7 Å². The highest BCUT2D eigenvalue weighted by atomic mass is 32.1. The summed E-state index contributed by atoms with van der Waals surface area (Å²) in [6.07, 6.45) is 9.76. The average Bonchev–Trinajstić information content (AvgIpc) is 3.17. The van der Waals surface area contributed by atoms with Gasteiger partial charge in [0, 0.05) is 27.9 Å². The third-order valence-corrected chi connectivity index (χ3v) is 7.36. The zero-order valence-electron chi connectivity index (χ0n) is 16.8. The summed E-state index contributed by atoms with van der Waals surface area (Å²) >= 11 is 1.46. The van der Waals surface area contributed by atoms with E-state index in [1.54, 1.807) is 6.07 Å². The van der Waals surface area contributed by atoms with Crippen LogP contribution in [0.2, 0.25) is 0 Å². The first kappa shape index (κ1) is 19.5. The van der Waals surface area contributed by atoms with Gasteiger partial charge in [-0.25, -0.2) is 0 Å². The number of hydrogen-bond donors (Lipinski definition) is 2. The molecule has 0 radical (unpaired) electrons. The van der Waals surface area contributed by atoms with Crippen LogP contribution in [0.15, 0.2) is 28.4 Å². The number of nitrogens with zero attached hydrogens (tertiary/aromatic N) is 1. The Bertz CT molecular complexity index is 1020. The predicted molar refractivity (Wildman–Crippen MR) is 119 cm³/mol. The molecule has 2 heterocycles. The predicted octanol–water partition coefficient (Wildman–Crippen LogP) is 5.28. The molecule has 3 aromatic rings. The van der Waals surface area contributed by atoms with Gasteiger partial charge in [-0.05, 0) is 69.3 Å². The number of rotatable bonds is 6. The summed E-state index contributed by atoms with van der Waals surface area (Å²) in [5, 5.41) is 14.5. The summed E-state index contributed by atoms with van der Waals surface area (Å²) in [5.74, 6) is 1.18. The number of aromatic amines is 1. The molecule has 28 heavy (non-hydrogen) atoms. The van der Waals surface area contributed by atoms with Gasteiger partial charge in [0.25, 0.3) is 5.56 Å². The molecule has 1 aromatic carbocycles. The van der Waals surface area contributed by atoms with Crippen LogP contribution in [-0.2, 0) is 6.42 Å². The summed E-state index contributed by atoms with van der Waals surface area (Å²) < 4.78 is 0.747. The number of benzene rings is 1.